The molecule has 0 aliphatic carbocycles. The standard InChI is InChI=1S/C14H21Cl2N.C6H3N3O9S/c15-9-5-2-6-11-17(12-10-16)13-14-7-3-1-4-8-14;10-7(11)3-1-4(8(12)13)6(19(16,17)18)5(2-3)9(14)15/h1,3-4,7-8H,2,5-6,9-13H2;1-2H,(H,16,17,18). The van der Waals surface area contributed by atoms with Gasteiger partial charge in [-0.3, -0.25) is 39.8 Å². The summed E-state index contributed by atoms with van der Waals surface area (Å²) < 4.78 is 30.7. The van der Waals surface area contributed by atoms with Gasteiger partial charge in [-0.1, -0.05) is 36.8 Å². The Labute approximate surface area is 216 Å². The maximum atomic E-state index is 10.9. The Morgan fingerprint density at radius 2 is 1.36 bits per heavy atom. The molecule has 0 aliphatic heterocycles. The Bertz CT molecular complexity index is 1120. The molecular formula is C20H24Cl2N4O9S. The van der Waals surface area contributed by atoms with Crippen molar-refractivity contribution in [3.63, 3.8) is 0 Å². The molecule has 0 bridgehead atoms. The number of nitrogens with zero attached hydrogens (tertiary/aromatic N) is 4. The predicted molar refractivity (Wildman–Crippen MR) is 133 cm³/mol. The maximum Gasteiger partial charge on any atom is 0.308 e. The highest BCUT2D eigenvalue weighted by Crippen LogP contribution is 2.36. The maximum absolute atomic E-state index is 10.9. The van der Waals surface area contributed by atoms with Crippen molar-refractivity contribution in [1.29, 1.82) is 0 Å². The van der Waals surface area contributed by atoms with Crippen molar-refractivity contribution in [2.45, 2.75) is 30.7 Å². The number of nitro benzene ring substituents is 3. The Balaban J connectivity index is 0.000000362. The van der Waals surface area contributed by atoms with Crippen LogP contribution in [0, 0.1) is 30.3 Å². The summed E-state index contributed by atoms with van der Waals surface area (Å²) in [5.41, 5.74) is -2.60. The number of nitro groups is 3. The molecule has 0 radical (unpaired) electrons. The van der Waals surface area contributed by atoms with Crippen LogP contribution in [0.4, 0.5) is 17.1 Å². The van der Waals surface area contributed by atoms with Crippen molar-refractivity contribution in [2.75, 3.05) is 24.8 Å². The van der Waals surface area contributed by atoms with Crippen molar-refractivity contribution < 1.29 is 27.7 Å². The van der Waals surface area contributed by atoms with E-state index in [1.807, 2.05) is 0 Å². The molecule has 0 atom stereocenters. The van der Waals surface area contributed by atoms with Gasteiger partial charge in [0.2, 0.25) is 4.90 Å². The van der Waals surface area contributed by atoms with Gasteiger partial charge >= 0.3 is 21.5 Å². The average Bonchev–Trinajstić information content (AvgIpc) is 2.81. The van der Waals surface area contributed by atoms with Crippen LogP contribution in [0.25, 0.3) is 0 Å². The van der Waals surface area contributed by atoms with Crippen LogP contribution in [0.15, 0.2) is 47.4 Å². The molecule has 2 aromatic carbocycles. The highest BCUT2D eigenvalue weighted by Gasteiger charge is 2.37. The number of hydrogen-bond donors (Lipinski definition) is 1. The number of benzene rings is 2. The first-order valence-corrected chi connectivity index (χ1v) is 12.9. The molecule has 198 valence electrons. The third-order valence-electron chi connectivity index (χ3n) is 4.65. The van der Waals surface area contributed by atoms with Gasteiger partial charge in [0.15, 0.2) is 0 Å². The predicted octanol–water partition coefficient (Wildman–Crippen LogP) is 4.79. The Morgan fingerprint density at radius 3 is 1.78 bits per heavy atom. The van der Waals surface area contributed by atoms with Crippen LogP contribution in [0.5, 0.6) is 0 Å². The first-order chi connectivity index (χ1) is 16.9. The fourth-order valence-corrected chi connectivity index (χ4v) is 4.29. The zero-order valence-electron chi connectivity index (χ0n) is 18.9. The molecule has 2 rings (SSSR count). The van der Waals surface area contributed by atoms with Gasteiger partial charge in [0.05, 0.1) is 26.9 Å². The average molecular weight is 567 g/mol. The number of rotatable bonds is 13. The number of non-ortho nitro benzene ring substituents is 1. The summed E-state index contributed by atoms with van der Waals surface area (Å²) >= 11 is 11.5. The molecule has 36 heavy (non-hydrogen) atoms. The summed E-state index contributed by atoms with van der Waals surface area (Å²) in [6.45, 7) is 3.06. The second kappa shape index (κ2) is 15.3. The number of halogens is 2. The van der Waals surface area contributed by atoms with Gasteiger partial charge in [0.25, 0.3) is 5.69 Å². The van der Waals surface area contributed by atoms with Crippen molar-refractivity contribution in [3.05, 3.63) is 78.4 Å². The van der Waals surface area contributed by atoms with E-state index in [0.29, 0.717) is 5.88 Å². The van der Waals surface area contributed by atoms with E-state index in [2.05, 4.69) is 35.2 Å². The van der Waals surface area contributed by atoms with Crippen molar-refractivity contribution in [1.82, 2.24) is 4.90 Å². The van der Waals surface area contributed by atoms with Crippen LogP contribution < -0.4 is 0 Å². The number of unbranched alkanes of at least 4 members (excludes halogenated alkanes) is 2. The van der Waals surface area contributed by atoms with Gasteiger partial charge in [-0.2, -0.15) is 8.42 Å². The summed E-state index contributed by atoms with van der Waals surface area (Å²) in [6, 6.07) is 11.0. The molecular weight excluding hydrogens is 543 g/mol. The molecule has 2 aromatic rings. The van der Waals surface area contributed by atoms with Crippen LogP contribution in [0.1, 0.15) is 24.8 Å². The lowest BCUT2D eigenvalue weighted by atomic mass is 10.2. The zero-order chi connectivity index (χ0) is 27.3. The molecule has 0 aliphatic rings. The molecule has 0 unspecified atom stereocenters. The van der Waals surface area contributed by atoms with Crippen LogP contribution in [-0.2, 0) is 16.7 Å². The monoisotopic (exact) mass is 566 g/mol. The molecule has 1 N–H and O–H groups in total. The lowest BCUT2D eigenvalue weighted by Gasteiger charge is -2.21. The van der Waals surface area contributed by atoms with Crippen LogP contribution >= 0.6 is 23.2 Å². The van der Waals surface area contributed by atoms with Crippen LogP contribution in [0.2, 0.25) is 0 Å². The third kappa shape index (κ3) is 10.4. The van der Waals surface area contributed by atoms with Gasteiger partial charge in [-0.15, -0.1) is 23.2 Å². The molecule has 0 heterocycles. The molecule has 0 spiro atoms. The van der Waals surface area contributed by atoms with E-state index in [4.69, 9.17) is 27.8 Å². The van der Waals surface area contributed by atoms with E-state index in [1.54, 1.807) is 0 Å². The first kappa shape index (κ1) is 31.1. The van der Waals surface area contributed by atoms with E-state index < -0.39 is 46.8 Å². The lowest BCUT2D eigenvalue weighted by molar-refractivity contribution is -0.407. The Morgan fingerprint density at radius 1 is 0.806 bits per heavy atom. The third-order valence-corrected chi connectivity index (χ3v) is 6.02. The summed E-state index contributed by atoms with van der Waals surface area (Å²) in [4.78, 5) is 28.5. The minimum absolute atomic E-state index is 0.204. The fraction of sp³-hybridized carbons (Fsp3) is 0.400. The van der Waals surface area contributed by atoms with Crippen molar-refractivity contribution in [3.8, 4) is 0 Å². The number of alkyl halides is 2. The largest absolute Gasteiger partial charge is 0.308 e. The topological polar surface area (TPSA) is 187 Å². The summed E-state index contributed by atoms with van der Waals surface area (Å²) in [5.74, 6) is 1.47. The highest BCUT2D eigenvalue weighted by atomic mass is 35.5. The second-order valence-corrected chi connectivity index (χ2v) is 9.37. The summed E-state index contributed by atoms with van der Waals surface area (Å²) in [6.07, 6.45) is 3.52. The van der Waals surface area contributed by atoms with E-state index in [0.717, 1.165) is 31.9 Å². The second-order valence-electron chi connectivity index (χ2n) is 7.26. The highest BCUT2D eigenvalue weighted by molar-refractivity contribution is 7.86. The van der Waals surface area contributed by atoms with Gasteiger partial charge < -0.3 is 0 Å². The quantitative estimate of drug-likeness (QED) is 0.116. The van der Waals surface area contributed by atoms with E-state index in [9.17, 15) is 38.8 Å². The normalized spacial score (nSPS) is 11.0. The SMILES string of the molecule is ClCCCCCN(CCCl)Cc1ccccc1.O=[N+]([O-])c1cc([N+](=O)[O-])c(S(=O)(=O)O)c([N+](=O)[O-])c1. The van der Waals surface area contributed by atoms with Crippen LogP contribution in [0.3, 0.4) is 0 Å². The van der Waals surface area contributed by atoms with Gasteiger partial charge in [-0.25, -0.2) is 0 Å². The summed E-state index contributed by atoms with van der Waals surface area (Å²) in [7, 11) is -5.30. The van der Waals surface area contributed by atoms with Gasteiger partial charge in [0, 0.05) is 24.8 Å². The Kier molecular flexibility index (Phi) is 13.2. The first-order valence-electron chi connectivity index (χ1n) is 10.4. The van der Waals surface area contributed by atoms with E-state index >= 15 is 0 Å². The molecule has 0 saturated heterocycles. The van der Waals surface area contributed by atoms with Gasteiger partial charge in [0.1, 0.15) is 0 Å². The molecule has 0 amide bonds. The molecule has 16 heteroatoms. The van der Waals surface area contributed by atoms with Crippen LogP contribution in [-0.4, -0.2) is 57.5 Å². The van der Waals surface area contributed by atoms with E-state index in [1.165, 1.54) is 18.4 Å². The fourth-order valence-electron chi connectivity index (χ4n) is 3.06. The van der Waals surface area contributed by atoms with E-state index in [-0.39, 0.29) is 12.1 Å². The minimum atomic E-state index is -5.30. The smallest absolute Gasteiger partial charge is 0.298 e. The molecule has 0 aromatic heterocycles. The van der Waals surface area contributed by atoms with Crippen molar-refractivity contribution in [2.24, 2.45) is 0 Å². The lowest BCUT2D eigenvalue weighted by Crippen LogP contribution is -2.26. The van der Waals surface area contributed by atoms with Crippen molar-refractivity contribution >= 4 is 50.4 Å². The molecule has 0 saturated carbocycles. The molecule has 0 fully saturated rings. The summed E-state index contributed by atoms with van der Waals surface area (Å²) in [5, 5.41) is 31.7. The Hall–Kier alpha value is -2.91. The molecule has 13 nitrogen and oxygen atoms in total. The zero-order valence-corrected chi connectivity index (χ0v) is 21.2. The van der Waals surface area contributed by atoms with Gasteiger partial charge in [-0.05, 0) is 24.9 Å². The minimum Gasteiger partial charge on any atom is -0.298 e. The number of hydrogen-bond acceptors (Lipinski definition) is 9.